The Labute approximate surface area is 210 Å². The van der Waals surface area contributed by atoms with E-state index in [1.807, 2.05) is 42.5 Å². The van der Waals surface area contributed by atoms with Crippen LogP contribution in [0.15, 0.2) is 66.7 Å². The summed E-state index contributed by atoms with van der Waals surface area (Å²) in [4.78, 5) is 39.4. The van der Waals surface area contributed by atoms with Gasteiger partial charge in [0.1, 0.15) is 12.4 Å². The molecule has 0 saturated carbocycles. The molecule has 1 fully saturated rings. The Morgan fingerprint density at radius 2 is 1.67 bits per heavy atom. The summed E-state index contributed by atoms with van der Waals surface area (Å²) in [6, 6.07) is 20.0. The molecule has 3 aromatic carbocycles. The highest BCUT2D eigenvalue weighted by Crippen LogP contribution is 2.30. The molecular weight excluding hydrogens is 454 g/mol. The molecule has 2 aliphatic heterocycles. The quantitative estimate of drug-likeness (QED) is 0.490. The van der Waals surface area contributed by atoms with Gasteiger partial charge in [0.05, 0.1) is 6.42 Å². The maximum Gasteiger partial charge on any atom is 0.258 e. The lowest BCUT2D eigenvalue weighted by molar-refractivity contribution is -0.119. The standard InChI is InChI=1S/C29H29N3O4/c33-27-19-26-24(8-5-9-25(26)29(35)31-27)21-6-4-7-22(18-21)30-28(34)20-10-12-23(13-11-20)36-17-16-32-14-2-1-3-15-32/h4-13,18H,1-3,14-17,19H2,(H,30,34)(H,31,33,35). The highest BCUT2D eigenvalue weighted by atomic mass is 16.5. The predicted molar refractivity (Wildman–Crippen MR) is 138 cm³/mol. The average molecular weight is 484 g/mol. The van der Waals surface area contributed by atoms with Crippen LogP contribution >= 0.6 is 0 Å². The molecule has 7 heteroatoms. The lowest BCUT2D eigenvalue weighted by atomic mass is 9.90. The van der Waals surface area contributed by atoms with Gasteiger partial charge in [-0.15, -0.1) is 0 Å². The van der Waals surface area contributed by atoms with Crippen molar-refractivity contribution in [2.75, 3.05) is 31.6 Å². The van der Waals surface area contributed by atoms with Crippen molar-refractivity contribution in [2.45, 2.75) is 25.7 Å². The minimum Gasteiger partial charge on any atom is -0.492 e. The summed E-state index contributed by atoms with van der Waals surface area (Å²) in [5, 5.41) is 5.29. The Kier molecular flexibility index (Phi) is 7.09. The van der Waals surface area contributed by atoms with E-state index >= 15 is 0 Å². The lowest BCUT2D eigenvalue weighted by Crippen LogP contribution is -2.37. The zero-order chi connectivity index (χ0) is 24.9. The van der Waals surface area contributed by atoms with Crippen molar-refractivity contribution in [3.63, 3.8) is 0 Å². The number of carbonyl (C=O) groups is 3. The Bertz CT molecular complexity index is 1280. The van der Waals surface area contributed by atoms with E-state index in [2.05, 4.69) is 15.5 Å². The lowest BCUT2D eigenvalue weighted by Gasteiger charge is -2.26. The van der Waals surface area contributed by atoms with Crippen LogP contribution in [0.2, 0.25) is 0 Å². The molecule has 0 radical (unpaired) electrons. The van der Waals surface area contributed by atoms with Crippen molar-refractivity contribution < 1.29 is 19.1 Å². The van der Waals surface area contributed by atoms with Gasteiger partial charge in [-0.1, -0.05) is 30.7 Å². The third-order valence-corrected chi connectivity index (χ3v) is 6.68. The molecule has 3 amide bonds. The smallest absolute Gasteiger partial charge is 0.258 e. The maximum atomic E-state index is 12.9. The summed E-state index contributed by atoms with van der Waals surface area (Å²) >= 11 is 0. The molecular formula is C29H29N3O4. The van der Waals surface area contributed by atoms with E-state index in [-0.39, 0.29) is 24.1 Å². The second kappa shape index (κ2) is 10.7. The van der Waals surface area contributed by atoms with Gasteiger partial charge in [-0.3, -0.25) is 24.6 Å². The Morgan fingerprint density at radius 1 is 0.917 bits per heavy atom. The van der Waals surface area contributed by atoms with Crippen molar-refractivity contribution >= 4 is 23.4 Å². The first-order valence-electron chi connectivity index (χ1n) is 12.4. The van der Waals surface area contributed by atoms with Crippen LogP contribution in [0.25, 0.3) is 11.1 Å². The minimum absolute atomic E-state index is 0.139. The first-order valence-corrected chi connectivity index (χ1v) is 12.4. The number of ether oxygens (including phenoxy) is 1. The summed E-state index contributed by atoms with van der Waals surface area (Å²) in [5.41, 5.74) is 3.99. The second-order valence-corrected chi connectivity index (χ2v) is 9.20. The SMILES string of the molecule is O=C1Cc2c(cccc2-c2cccc(NC(=O)c3ccc(OCCN4CCCCC4)cc3)c2)C(=O)N1. The number of carbonyl (C=O) groups excluding carboxylic acids is 3. The highest BCUT2D eigenvalue weighted by molar-refractivity contribution is 6.11. The van der Waals surface area contributed by atoms with E-state index in [0.717, 1.165) is 36.5 Å². The summed E-state index contributed by atoms with van der Waals surface area (Å²) in [5.74, 6) is -0.176. The van der Waals surface area contributed by atoms with Crippen molar-refractivity contribution in [3.8, 4) is 16.9 Å². The van der Waals surface area contributed by atoms with E-state index in [1.165, 1.54) is 19.3 Å². The molecule has 0 aliphatic carbocycles. The number of hydrogen-bond acceptors (Lipinski definition) is 5. The molecule has 3 aromatic rings. The number of piperidine rings is 1. The van der Waals surface area contributed by atoms with Gasteiger partial charge in [-0.2, -0.15) is 0 Å². The van der Waals surface area contributed by atoms with Gasteiger partial charge in [0.25, 0.3) is 11.8 Å². The molecule has 36 heavy (non-hydrogen) atoms. The van der Waals surface area contributed by atoms with Gasteiger partial charge >= 0.3 is 0 Å². The molecule has 2 aliphatic rings. The van der Waals surface area contributed by atoms with Gasteiger partial charge in [0, 0.05) is 23.4 Å². The zero-order valence-corrected chi connectivity index (χ0v) is 20.1. The number of hydrogen-bond donors (Lipinski definition) is 2. The molecule has 1 saturated heterocycles. The topological polar surface area (TPSA) is 87.7 Å². The van der Waals surface area contributed by atoms with E-state index in [4.69, 9.17) is 4.74 Å². The largest absolute Gasteiger partial charge is 0.492 e. The number of amides is 3. The molecule has 5 rings (SSSR count). The summed E-state index contributed by atoms with van der Waals surface area (Å²) < 4.78 is 5.86. The van der Waals surface area contributed by atoms with Gasteiger partial charge in [0.2, 0.25) is 5.91 Å². The van der Waals surface area contributed by atoms with Crippen LogP contribution in [0.5, 0.6) is 5.75 Å². The molecule has 0 aromatic heterocycles. The molecule has 184 valence electrons. The number of anilines is 1. The first kappa shape index (κ1) is 23.8. The van der Waals surface area contributed by atoms with Crippen molar-refractivity contribution in [2.24, 2.45) is 0 Å². The summed E-state index contributed by atoms with van der Waals surface area (Å²) in [6.45, 7) is 3.84. The molecule has 0 bridgehead atoms. The molecule has 7 nitrogen and oxygen atoms in total. The summed E-state index contributed by atoms with van der Waals surface area (Å²) in [6.07, 6.45) is 3.98. The average Bonchev–Trinajstić information content (AvgIpc) is 2.89. The van der Waals surface area contributed by atoms with Crippen LogP contribution in [0.3, 0.4) is 0 Å². The number of fused-ring (bicyclic) bond motifs is 1. The van der Waals surface area contributed by atoms with Gasteiger partial charge in [-0.05, 0) is 85.1 Å². The summed E-state index contributed by atoms with van der Waals surface area (Å²) in [7, 11) is 0. The Balaban J connectivity index is 1.23. The van der Waals surface area contributed by atoms with E-state index < -0.39 is 0 Å². The van der Waals surface area contributed by atoms with Crippen LogP contribution < -0.4 is 15.4 Å². The van der Waals surface area contributed by atoms with Crippen LogP contribution in [0.1, 0.15) is 45.5 Å². The Hall–Kier alpha value is -3.97. The minimum atomic E-state index is -0.383. The number of rotatable bonds is 7. The normalized spacial score (nSPS) is 15.7. The number of imide groups is 1. The van der Waals surface area contributed by atoms with Crippen molar-refractivity contribution in [1.29, 1.82) is 0 Å². The third-order valence-electron chi connectivity index (χ3n) is 6.68. The highest BCUT2D eigenvalue weighted by Gasteiger charge is 2.24. The molecule has 2 heterocycles. The zero-order valence-electron chi connectivity index (χ0n) is 20.1. The van der Waals surface area contributed by atoms with Crippen LogP contribution in [-0.2, 0) is 11.2 Å². The predicted octanol–water partition coefficient (Wildman–Crippen LogP) is 4.28. The monoisotopic (exact) mass is 483 g/mol. The molecule has 0 unspecified atom stereocenters. The van der Waals surface area contributed by atoms with Crippen LogP contribution in [-0.4, -0.2) is 48.9 Å². The third kappa shape index (κ3) is 5.47. The van der Waals surface area contributed by atoms with Crippen LogP contribution in [0.4, 0.5) is 5.69 Å². The fourth-order valence-electron chi connectivity index (χ4n) is 4.81. The van der Waals surface area contributed by atoms with Crippen LogP contribution in [0, 0.1) is 0 Å². The van der Waals surface area contributed by atoms with Crippen molar-refractivity contribution in [1.82, 2.24) is 10.2 Å². The number of nitrogens with zero attached hydrogens (tertiary/aromatic N) is 1. The van der Waals surface area contributed by atoms with E-state index in [9.17, 15) is 14.4 Å². The number of likely N-dealkylation sites (tertiary alicyclic amines) is 1. The number of benzene rings is 3. The van der Waals surface area contributed by atoms with E-state index in [0.29, 0.717) is 29.0 Å². The fraction of sp³-hybridized carbons (Fsp3) is 0.276. The van der Waals surface area contributed by atoms with Gasteiger partial charge < -0.3 is 10.1 Å². The molecule has 0 spiro atoms. The van der Waals surface area contributed by atoms with E-state index in [1.54, 1.807) is 24.3 Å². The van der Waals surface area contributed by atoms with Crippen molar-refractivity contribution in [3.05, 3.63) is 83.4 Å². The first-order chi connectivity index (χ1) is 17.6. The van der Waals surface area contributed by atoms with Gasteiger partial charge in [0.15, 0.2) is 0 Å². The van der Waals surface area contributed by atoms with Gasteiger partial charge in [-0.25, -0.2) is 0 Å². The second-order valence-electron chi connectivity index (χ2n) is 9.20. The number of nitrogens with one attached hydrogen (secondary N) is 2. The molecule has 0 atom stereocenters. The Morgan fingerprint density at radius 3 is 2.47 bits per heavy atom. The maximum absolute atomic E-state index is 12.9. The molecule has 2 N–H and O–H groups in total. The fourth-order valence-corrected chi connectivity index (χ4v) is 4.81.